The Hall–Kier alpha value is -2.04. The highest BCUT2D eigenvalue weighted by Gasteiger charge is 2.08. The Morgan fingerprint density at radius 2 is 1.90 bits per heavy atom. The number of rotatable bonds is 3. The van der Waals surface area contributed by atoms with Crippen molar-refractivity contribution >= 4 is 34.0 Å². The van der Waals surface area contributed by atoms with E-state index in [-0.39, 0.29) is 12.4 Å². The van der Waals surface area contributed by atoms with E-state index in [0.29, 0.717) is 10.8 Å². The van der Waals surface area contributed by atoms with Crippen LogP contribution in [0.25, 0.3) is 10.9 Å². The van der Waals surface area contributed by atoms with Crippen LogP contribution in [-0.2, 0) is 0 Å². The van der Waals surface area contributed by atoms with Crippen LogP contribution in [-0.4, -0.2) is 17.1 Å². The van der Waals surface area contributed by atoms with Crippen LogP contribution in [0.15, 0.2) is 48.8 Å². The Kier molecular flexibility index (Phi) is 4.83. The number of para-hydroxylation sites is 1. The molecule has 0 spiro atoms. The van der Waals surface area contributed by atoms with Crippen molar-refractivity contribution in [3.63, 3.8) is 0 Å². The summed E-state index contributed by atoms with van der Waals surface area (Å²) < 4.78 is 5.32. The molecule has 1 N–H and O–H groups in total. The van der Waals surface area contributed by atoms with Gasteiger partial charge in [0.1, 0.15) is 17.9 Å². The molecule has 3 aromatic rings. The van der Waals surface area contributed by atoms with Crippen molar-refractivity contribution in [1.29, 1.82) is 0 Å². The van der Waals surface area contributed by atoms with E-state index in [4.69, 9.17) is 16.3 Å². The maximum atomic E-state index is 6.03. The van der Waals surface area contributed by atoms with Gasteiger partial charge in [-0.2, -0.15) is 0 Å². The Bertz CT molecular complexity index is 759. The molecule has 108 valence electrons. The fourth-order valence-corrected chi connectivity index (χ4v) is 2.18. The van der Waals surface area contributed by atoms with E-state index in [1.807, 2.05) is 30.3 Å². The minimum atomic E-state index is 0. The molecule has 0 aliphatic heterocycles. The van der Waals surface area contributed by atoms with Crippen molar-refractivity contribution in [2.24, 2.45) is 0 Å². The van der Waals surface area contributed by atoms with Gasteiger partial charge in [0.2, 0.25) is 0 Å². The summed E-state index contributed by atoms with van der Waals surface area (Å²) in [5.41, 5.74) is 1.65. The molecule has 0 aliphatic rings. The molecule has 0 unspecified atom stereocenters. The van der Waals surface area contributed by atoms with Gasteiger partial charge in [-0.1, -0.05) is 23.7 Å². The zero-order valence-electron chi connectivity index (χ0n) is 11.2. The van der Waals surface area contributed by atoms with Gasteiger partial charge in [0, 0.05) is 10.4 Å². The Labute approximate surface area is 133 Å². The lowest BCUT2D eigenvalue weighted by Gasteiger charge is -2.12. The van der Waals surface area contributed by atoms with Gasteiger partial charge in [0.15, 0.2) is 0 Å². The summed E-state index contributed by atoms with van der Waals surface area (Å²) in [6.07, 6.45) is 1.53. The molecule has 0 fully saturated rings. The number of ether oxygens (including phenoxy) is 1. The summed E-state index contributed by atoms with van der Waals surface area (Å²) in [6.45, 7) is 0. The van der Waals surface area contributed by atoms with Crippen molar-refractivity contribution in [2.45, 2.75) is 0 Å². The average molecular weight is 321 g/mol. The largest absolute Gasteiger partial charge is 1.00 e. The highest BCUT2D eigenvalue weighted by atomic mass is 35.5. The van der Waals surface area contributed by atoms with Gasteiger partial charge in [0.05, 0.1) is 18.3 Å². The number of fused-ring (bicyclic) bond motifs is 1. The SMILES string of the molecule is COc1ccc(Cl)cc1Nc1ncnc2ccccc12.[Cl-]. The number of aromatic nitrogens is 2. The van der Waals surface area contributed by atoms with Crippen LogP contribution in [0.2, 0.25) is 5.02 Å². The third kappa shape index (κ3) is 3.17. The van der Waals surface area contributed by atoms with Crippen molar-refractivity contribution in [3.8, 4) is 5.75 Å². The minimum absolute atomic E-state index is 0. The predicted octanol–water partition coefficient (Wildman–Crippen LogP) is 1.04. The van der Waals surface area contributed by atoms with Gasteiger partial charge in [-0.3, -0.25) is 0 Å². The second kappa shape index (κ2) is 6.61. The lowest BCUT2D eigenvalue weighted by molar-refractivity contribution is -0.00000425. The molecule has 6 heteroatoms. The van der Waals surface area contributed by atoms with Gasteiger partial charge in [-0.25, -0.2) is 9.97 Å². The number of nitrogens with zero attached hydrogens (tertiary/aromatic N) is 2. The third-order valence-corrected chi connectivity index (χ3v) is 3.19. The number of hydrogen-bond donors (Lipinski definition) is 1. The standard InChI is InChI=1S/C15H12ClN3O.ClH/c1-20-14-7-6-10(16)8-13(14)19-15-11-4-2-3-5-12(11)17-9-18-15;/h2-9H,1H3,(H,17,18,19);1H/p-1. The fraction of sp³-hybridized carbons (Fsp3) is 0.0667. The summed E-state index contributed by atoms with van der Waals surface area (Å²) in [5, 5.41) is 4.82. The smallest absolute Gasteiger partial charge is 0.142 e. The molecule has 1 heterocycles. The van der Waals surface area contributed by atoms with Crippen LogP contribution >= 0.6 is 11.6 Å². The van der Waals surface area contributed by atoms with E-state index in [1.165, 1.54) is 6.33 Å². The van der Waals surface area contributed by atoms with E-state index in [0.717, 1.165) is 22.4 Å². The summed E-state index contributed by atoms with van der Waals surface area (Å²) in [7, 11) is 1.62. The second-order valence-electron chi connectivity index (χ2n) is 4.21. The number of hydrogen-bond acceptors (Lipinski definition) is 4. The van der Waals surface area contributed by atoms with Crippen LogP contribution in [0, 0.1) is 0 Å². The molecule has 0 saturated heterocycles. The van der Waals surface area contributed by atoms with Gasteiger partial charge in [-0.15, -0.1) is 0 Å². The number of benzene rings is 2. The lowest BCUT2D eigenvalue weighted by Crippen LogP contribution is -3.00. The Morgan fingerprint density at radius 1 is 1.10 bits per heavy atom. The van der Waals surface area contributed by atoms with E-state index >= 15 is 0 Å². The number of methoxy groups -OCH3 is 1. The molecule has 0 amide bonds. The number of halogens is 2. The van der Waals surface area contributed by atoms with Crippen LogP contribution in [0.1, 0.15) is 0 Å². The molecular formula is C15H12Cl2N3O-. The Morgan fingerprint density at radius 3 is 2.71 bits per heavy atom. The summed E-state index contributed by atoms with van der Waals surface area (Å²) in [4.78, 5) is 8.52. The summed E-state index contributed by atoms with van der Waals surface area (Å²) >= 11 is 6.03. The van der Waals surface area contributed by atoms with E-state index < -0.39 is 0 Å². The number of anilines is 2. The average Bonchev–Trinajstić information content (AvgIpc) is 2.48. The van der Waals surface area contributed by atoms with Crippen LogP contribution in [0.3, 0.4) is 0 Å². The first-order valence-electron chi connectivity index (χ1n) is 6.08. The minimum Gasteiger partial charge on any atom is -1.00 e. The molecule has 0 atom stereocenters. The van der Waals surface area contributed by atoms with Gasteiger partial charge in [-0.05, 0) is 30.3 Å². The van der Waals surface area contributed by atoms with Crippen LogP contribution in [0.4, 0.5) is 11.5 Å². The van der Waals surface area contributed by atoms with E-state index in [9.17, 15) is 0 Å². The summed E-state index contributed by atoms with van der Waals surface area (Å²) in [6, 6.07) is 13.2. The van der Waals surface area contributed by atoms with E-state index in [1.54, 1.807) is 19.2 Å². The molecule has 0 radical (unpaired) electrons. The lowest BCUT2D eigenvalue weighted by atomic mass is 10.2. The normalized spacial score (nSPS) is 10.0. The molecule has 2 aromatic carbocycles. The van der Waals surface area contributed by atoms with Crippen molar-refractivity contribution in [3.05, 3.63) is 53.8 Å². The van der Waals surface area contributed by atoms with Crippen molar-refractivity contribution in [2.75, 3.05) is 12.4 Å². The topological polar surface area (TPSA) is 47.0 Å². The molecule has 4 nitrogen and oxygen atoms in total. The van der Waals surface area contributed by atoms with Gasteiger partial charge >= 0.3 is 0 Å². The Balaban J connectivity index is 0.00000161. The van der Waals surface area contributed by atoms with Crippen LogP contribution < -0.4 is 22.5 Å². The maximum Gasteiger partial charge on any atom is 0.142 e. The maximum absolute atomic E-state index is 6.03. The van der Waals surface area contributed by atoms with Gasteiger partial charge in [0.25, 0.3) is 0 Å². The monoisotopic (exact) mass is 320 g/mol. The number of nitrogens with one attached hydrogen (secondary N) is 1. The molecule has 21 heavy (non-hydrogen) atoms. The first-order chi connectivity index (χ1) is 9.78. The molecule has 0 saturated carbocycles. The third-order valence-electron chi connectivity index (χ3n) is 2.96. The second-order valence-corrected chi connectivity index (χ2v) is 4.65. The highest BCUT2D eigenvalue weighted by Crippen LogP contribution is 2.31. The predicted molar refractivity (Wildman–Crippen MR) is 80.8 cm³/mol. The van der Waals surface area contributed by atoms with E-state index in [2.05, 4.69) is 15.3 Å². The van der Waals surface area contributed by atoms with Crippen LogP contribution in [0.5, 0.6) is 5.75 Å². The molecular weight excluding hydrogens is 309 g/mol. The molecule has 0 aliphatic carbocycles. The van der Waals surface area contributed by atoms with Gasteiger partial charge < -0.3 is 22.5 Å². The molecule has 1 aromatic heterocycles. The molecule has 0 bridgehead atoms. The quantitative estimate of drug-likeness (QED) is 0.783. The zero-order chi connectivity index (χ0) is 13.9. The fourth-order valence-electron chi connectivity index (χ4n) is 2.01. The first kappa shape index (κ1) is 15.4. The summed E-state index contributed by atoms with van der Waals surface area (Å²) in [5.74, 6) is 1.42. The molecule has 3 rings (SSSR count). The first-order valence-corrected chi connectivity index (χ1v) is 6.46. The highest BCUT2D eigenvalue weighted by molar-refractivity contribution is 6.31. The van der Waals surface area contributed by atoms with Crippen molar-refractivity contribution in [1.82, 2.24) is 9.97 Å². The van der Waals surface area contributed by atoms with Crippen molar-refractivity contribution < 1.29 is 17.1 Å². The zero-order valence-corrected chi connectivity index (χ0v) is 12.7.